The van der Waals surface area contributed by atoms with Crippen LogP contribution in [0.25, 0.3) is 0 Å². The number of aliphatic hydroxyl groups is 1. The van der Waals surface area contributed by atoms with Gasteiger partial charge in [-0.25, -0.2) is 0 Å². The number of halogens is 1. The van der Waals surface area contributed by atoms with Gasteiger partial charge >= 0.3 is 0 Å². The second-order valence-corrected chi connectivity index (χ2v) is 5.05. The fourth-order valence-electron chi connectivity index (χ4n) is 1.14. The number of aliphatic hydroxyl groups excluding tert-OH is 1. The SMILES string of the molecule is CC(CO)CSCc1c(N)cccc1Cl. The van der Waals surface area contributed by atoms with Gasteiger partial charge in [0, 0.05) is 28.6 Å². The number of hydrogen-bond acceptors (Lipinski definition) is 3. The fraction of sp³-hybridized carbons (Fsp3) is 0.455. The topological polar surface area (TPSA) is 46.2 Å². The van der Waals surface area contributed by atoms with E-state index >= 15 is 0 Å². The predicted octanol–water partition coefficient (Wildman–Crippen LogP) is 2.78. The van der Waals surface area contributed by atoms with Crippen molar-refractivity contribution in [2.24, 2.45) is 5.92 Å². The summed E-state index contributed by atoms with van der Waals surface area (Å²) in [5.41, 5.74) is 7.56. The summed E-state index contributed by atoms with van der Waals surface area (Å²) in [6, 6.07) is 5.56. The number of nitrogen functional groups attached to an aromatic ring is 1. The van der Waals surface area contributed by atoms with Gasteiger partial charge in [-0.1, -0.05) is 24.6 Å². The highest BCUT2D eigenvalue weighted by atomic mass is 35.5. The molecule has 1 atom stereocenters. The second-order valence-electron chi connectivity index (χ2n) is 3.61. The van der Waals surface area contributed by atoms with E-state index in [0.717, 1.165) is 27.8 Å². The zero-order valence-corrected chi connectivity index (χ0v) is 10.3. The first-order valence-electron chi connectivity index (χ1n) is 4.86. The molecule has 15 heavy (non-hydrogen) atoms. The summed E-state index contributed by atoms with van der Waals surface area (Å²) in [7, 11) is 0. The Morgan fingerprint density at radius 3 is 2.87 bits per heavy atom. The maximum absolute atomic E-state index is 8.88. The maximum Gasteiger partial charge on any atom is 0.0466 e. The summed E-state index contributed by atoms with van der Waals surface area (Å²) in [6.07, 6.45) is 0. The van der Waals surface area contributed by atoms with Gasteiger partial charge in [-0.2, -0.15) is 11.8 Å². The molecule has 1 aromatic rings. The Morgan fingerprint density at radius 1 is 1.53 bits per heavy atom. The van der Waals surface area contributed by atoms with Crippen LogP contribution in [0.4, 0.5) is 5.69 Å². The van der Waals surface area contributed by atoms with Crippen LogP contribution in [0.2, 0.25) is 5.02 Å². The molecule has 0 aliphatic rings. The van der Waals surface area contributed by atoms with Gasteiger partial charge in [0.05, 0.1) is 0 Å². The van der Waals surface area contributed by atoms with E-state index in [9.17, 15) is 0 Å². The van der Waals surface area contributed by atoms with Gasteiger partial charge in [-0.15, -0.1) is 0 Å². The van der Waals surface area contributed by atoms with Crippen molar-refractivity contribution >= 4 is 29.1 Å². The number of thioether (sulfide) groups is 1. The molecule has 4 heteroatoms. The molecule has 0 fully saturated rings. The lowest BCUT2D eigenvalue weighted by atomic mass is 10.2. The van der Waals surface area contributed by atoms with Gasteiger partial charge in [-0.3, -0.25) is 0 Å². The molecule has 0 spiro atoms. The lowest BCUT2D eigenvalue weighted by molar-refractivity contribution is 0.250. The van der Waals surface area contributed by atoms with Crippen LogP contribution in [0.5, 0.6) is 0 Å². The van der Waals surface area contributed by atoms with Gasteiger partial charge in [0.2, 0.25) is 0 Å². The molecular weight excluding hydrogens is 230 g/mol. The Balaban J connectivity index is 2.50. The first-order chi connectivity index (χ1) is 7.15. The zero-order valence-electron chi connectivity index (χ0n) is 8.74. The summed E-state index contributed by atoms with van der Waals surface area (Å²) in [5, 5.41) is 9.60. The van der Waals surface area contributed by atoms with E-state index in [2.05, 4.69) is 0 Å². The van der Waals surface area contributed by atoms with Crippen molar-refractivity contribution in [2.45, 2.75) is 12.7 Å². The third-order valence-corrected chi connectivity index (χ3v) is 3.77. The number of nitrogens with two attached hydrogens (primary N) is 1. The quantitative estimate of drug-likeness (QED) is 0.785. The Bertz CT molecular complexity index is 299. The van der Waals surface area contributed by atoms with Gasteiger partial charge < -0.3 is 10.8 Å². The van der Waals surface area contributed by atoms with Gasteiger partial charge in [-0.05, 0) is 23.8 Å². The van der Waals surface area contributed by atoms with Crippen molar-refractivity contribution in [1.29, 1.82) is 0 Å². The van der Waals surface area contributed by atoms with E-state index in [1.165, 1.54) is 0 Å². The molecule has 0 radical (unpaired) electrons. The molecule has 1 rings (SSSR count). The zero-order chi connectivity index (χ0) is 11.3. The molecule has 1 aromatic carbocycles. The van der Waals surface area contributed by atoms with E-state index in [-0.39, 0.29) is 6.61 Å². The highest BCUT2D eigenvalue weighted by Gasteiger charge is 2.06. The maximum atomic E-state index is 8.88. The highest BCUT2D eigenvalue weighted by Crippen LogP contribution is 2.27. The monoisotopic (exact) mass is 245 g/mol. The summed E-state index contributed by atoms with van der Waals surface area (Å²) >= 11 is 7.78. The van der Waals surface area contributed by atoms with Crippen molar-refractivity contribution in [3.8, 4) is 0 Å². The Morgan fingerprint density at radius 2 is 2.27 bits per heavy atom. The normalized spacial score (nSPS) is 12.7. The summed E-state index contributed by atoms with van der Waals surface area (Å²) in [4.78, 5) is 0. The molecule has 0 bridgehead atoms. The molecule has 0 aromatic heterocycles. The Hall–Kier alpha value is -0.380. The van der Waals surface area contributed by atoms with Crippen LogP contribution < -0.4 is 5.73 Å². The molecule has 2 nitrogen and oxygen atoms in total. The van der Waals surface area contributed by atoms with Crippen molar-refractivity contribution in [1.82, 2.24) is 0 Å². The molecule has 0 amide bonds. The average Bonchev–Trinajstić information content (AvgIpc) is 2.22. The van der Waals surface area contributed by atoms with Crippen molar-refractivity contribution in [3.05, 3.63) is 28.8 Å². The van der Waals surface area contributed by atoms with Crippen molar-refractivity contribution < 1.29 is 5.11 Å². The van der Waals surface area contributed by atoms with E-state index in [4.69, 9.17) is 22.4 Å². The first kappa shape index (κ1) is 12.7. The van der Waals surface area contributed by atoms with Gasteiger partial charge in [0.1, 0.15) is 0 Å². The van der Waals surface area contributed by atoms with E-state index < -0.39 is 0 Å². The molecule has 3 N–H and O–H groups in total. The van der Waals surface area contributed by atoms with Crippen LogP contribution in [0, 0.1) is 5.92 Å². The molecule has 1 unspecified atom stereocenters. The molecule has 0 saturated heterocycles. The number of rotatable bonds is 5. The summed E-state index contributed by atoms with van der Waals surface area (Å²) < 4.78 is 0. The van der Waals surface area contributed by atoms with E-state index in [1.54, 1.807) is 11.8 Å². The Labute approximate surface area is 99.8 Å². The van der Waals surface area contributed by atoms with Crippen LogP contribution in [-0.4, -0.2) is 17.5 Å². The number of hydrogen-bond donors (Lipinski definition) is 2. The minimum Gasteiger partial charge on any atom is -0.398 e. The highest BCUT2D eigenvalue weighted by molar-refractivity contribution is 7.98. The molecular formula is C11H16ClNOS. The van der Waals surface area contributed by atoms with Crippen molar-refractivity contribution in [2.75, 3.05) is 18.1 Å². The van der Waals surface area contributed by atoms with Crippen LogP contribution in [0.3, 0.4) is 0 Å². The minimum absolute atomic E-state index is 0.227. The van der Waals surface area contributed by atoms with Crippen LogP contribution in [-0.2, 0) is 5.75 Å². The van der Waals surface area contributed by atoms with Crippen LogP contribution >= 0.6 is 23.4 Å². The summed E-state index contributed by atoms with van der Waals surface area (Å²) in [5.74, 6) is 2.04. The predicted molar refractivity (Wildman–Crippen MR) is 68.3 cm³/mol. The number of benzene rings is 1. The molecule has 0 aliphatic heterocycles. The fourth-order valence-corrected chi connectivity index (χ4v) is 2.62. The van der Waals surface area contributed by atoms with Crippen LogP contribution in [0.1, 0.15) is 12.5 Å². The number of anilines is 1. The second kappa shape index (κ2) is 6.26. The molecule has 0 saturated carbocycles. The Kier molecular flexibility index (Phi) is 5.29. The third-order valence-electron chi connectivity index (χ3n) is 2.12. The lowest BCUT2D eigenvalue weighted by Gasteiger charge is -2.10. The first-order valence-corrected chi connectivity index (χ1v) is 6.40. The largest absolute Gasteiger partial charge is 0.398 e. The smallest absolute Gasteiger partial charge is 0.0466 e. The molecule has 0 aliphatic carbocycles. The lowest BCUT2D eigenvalue weighted by Crippen LogP contribution is -2.04. The third kappa shape index (κ3) is 3.93. The van der Waals surface area contributed by atoms with E-state index in [1.807, 2.05) is 25.1 Å². The standard InChI is InChI=1S/C11H16ClNOS/c1-8(5-14)6-15-7-9-10(12)3-2-4-11(9)13/h2-4,8,14H,5-7,13H2,1H3. The molecule has 0 heterocycles. The van der Waals surface area contributed by atoms with Gasteiger partial charge in [0.15, 0.2) is 0 Å². The molecule has 84 valence electrons. The average molecular weight is 246 g/mol. The van der Waals surface area contributed by atoms with Gasteiger partial charge in [0.25, 0.3) is 0 Å². The van der Waals surface area contributed by atoms with Crippen LogP contribution in [0.15, 0.2) is 18.2 Å². The van der Waals surface area contributed by atoms with Crippen molar-refractivity contribution in [3.63, 3.8) is 0 Å². The van der Waals surface area contributed by atoms with E-state index in [0.29, 0.717) is 5.92 Å². The minimum atomic E-state index is 0.227. The summed E-state index contributed by atoms with van der Waals surface area (Å²) in [6.45, 7) is 2.24.